The highest BCUT2D eigenvalue weighted by molar-refractivity contribution is 7.89. The van der Waals surface area contributed by atoms with E-state index in [1.807, 2.05) is 6.92 Å². The summed E-state index contributed by atoms with van der Waals surface area (Å²) in [6.45, 7) is 2.23. The van der Waals surface area contributed by atoms with E-state index in [0.29, 0.717) is 11.6 Å². The smallest absolute Gasteiger partial charge is 0.243 e. The van der Waals surface area contributed by atoms with E-state index in [1.54, 1.807) is 48.5 Å². The Balaban J connectivity index is 1.72. The highest BCUT2D eigenvalue weighted by atomic mass is 35.5. The number of allylic oxidation sites excluding steroid dienone is 1. The first-order valence-electron chi connectivity index (χ1n) is 10.6. The molecule has 0 saturated carbocycles. The van der Waals surface area contributed by atoms with Gasteiger partial charge in [-0.2, -0.15) is 4.31 Å². The number of sulfonamides is 1. The molecule has 7 heteroatoms. The summed E-state index contributed by atoms with van der Waals surface area (Å²) in [5, 5.41) is 3.40. The van der Waals surface area contributed by atoms with Gasteiger partial charge in [-0.3, -0.25) is 4.79 Å². The lowest BCUT2D eigenvalue weighted by Crippen LogP contribution is -2.40. The molecular formula is C24H29ClN2O3S. The molecule has 2 aromatic rings. The van der Waals surface area contributed by atoms with Crippen LogP contribution in [0.5, 0.6) is 0 Å². The van der Waals surface area contributed by atoms with Crippen molar-refractivity contribution in [3.63, 3.8) is 0 Å². The average molecular weight is 461 g/mol. The lowest BCUT2D eigenvalue weighted by Gasteiger charge is -2.22. The maximum atomic E-state index is 13.3. The van der Waals surface area contributed by atoms with Crippen molar-refractivity contribution in [1.29, 1.82) is 0 Å². The Morgan fingerprint density at radius 3 is 2.58 bits per heavy atom. The molecule has 0 radical (unpaired) electrons. The van der Waals surface area contributed by atoms with Gasteiger partial charge >= 0.3 is 0 Å². The van der Waals surface area contributed by atoms with Crippen molar-refractivity contribution in [2.75, 3.05) is 13.1 Å². The molecule has 0 saturated heterocycles. The van der Waals surface area contributed by atoms with Crippen molar-refractivity contribution in [2.45, 2.75) is 50.5 Å². The second kappa shape index (κ2) is 10.9. The number of nitrogens with zero attached hydrogens (tertiary/aromatic N) is 1. The molecule has 5 nitrogen and oxygen atoms in total. The van der Waals surface area contributed by atoms with Gasteiger partial charge in [-0.05, 0) is 68.9 Å². The van der Waals surface area contributed by atoms with Crippen LogP contribution in [0.4, 0.5) is 0 Å². The number of hydrogen-bond acceptors (Lipinski definition) is 3. The lowest BCUT2D eigenvalue weighted by molar-refractivity contribution is -0.121. The van der Waals surface area contributed by atoms with Crippen molar-refractivity contribution in [3.8, 4) is 0 Å². The normalized spacial score (nSPS) is 14.4. The van der Waals surface area contributed by atoms with E-state index in [1.165, 1.54) is 22.7 Å². The Morgan fingerprint density at radius 1 is 1.13 bits per heavy atom. The average Bonchev–Trinajstić information content (AvgIpc) is 2.74. The number of benzene rings is 2. The molecule has 1 N–H and O–H groups in total. The second-order valence-electron chi connectivity index (χ2n) is 7.92. The van der Waals surface area contributed by atoms with E-state index in [2.05, 4.69) is 11.4 Å². The van der Waals surface area contributed by atoms with Gasteiger partial charge in [0.25, 0.3) is 0 Å². The zero-order valence-electron chi connectivity index (χ0n) is 17.8. The largest absolute Gasteiger partial charge is 0.355 e. The molecule has 1 aliphatic carbocycles. The summed E-state index contributed by atoms with van der Waals surface area (Å²) in [7, 11) is -3.85. The third kappa shape index (κ3) is 6.92. The van der Waals surface area contributed by atoms with Gasteiger partial charge < -0.3 is 5.32 Å². The Morgan fingerprint density at radius 2 is 1.90 bits per heavy atom. The number of hydrogen-bond donors (Lipinski definition) is 1. The van der Waals surface area contributed by atoms with E-state index in [0.717, 1.165) is 30.4 Å². The van der Waals surface area contributed by atoms with E-state index >= 15 is 0 Å². The first-order chi connectivity index (χ1) is 14.8. The molecule has 2 aromatic carbocycles. The maximum absolute atomic E-state index is 13.3. The summed E-state index contributed by atoms with van der Waals surface area (Å²) in [6, 6.07) is 13.7. The SMILES string of the molecule is Cc1ccc(S(=O)(=O)N(CC(=O)NCCC2=CCCCC2)Cc2cccc(Cl)c2)cc1. The summed E-state index contributed by atoms with van der Waals surface area (Å²) in [5.41, 5.74) is 3.06. The summed E-state index contributed by atoms with van der Waals surface area (Å²) in [5.74, 6) is -0.311. The van der Waals surface area contributed by atoms with Crippen LogP contribution < -0.4 is 5.32 Å². The topological polar surface area (TPSA) is 66.5 Å². The highest BCUT2D eigenvalue weighted by Gasteiger charge is 2.27. The Kier molecular flexibility index (Phi) is 8.29. The number of nitrogens with one attached hydrogen (secondary N) is 1. The number of aryl methyl sites for hydroxylation is 1. The zero-order valence-corrected chi connectivity index (χ0v) is 19.4. The molecule has 3 rings (SSSR count). The van der Waals surface area contributed by atoms with Crippen LogP contribution in [0.1, 0.15) is 43.2 Å². The van der Waals surface area contributed by atoms with Crippen molar-refractivity contribution in [3.05, 3.63) is 76.3 Å². The van der Waals surface area contributed by atoms with Gasteiger partial charge in [-0.1, -0.05) is 53.1 Å². The van der Waals surface area contributed by atoms with Crippen LogP contribution in [0.25, 0.3) is 0 Å². The standard InChI is InChI=1S/C24H29ClN2O3S/c1-19-10-12-23(13-11-19)31(29,30)27(17-21-8-5-9-22(25)16-21)18-24(28)26-15-14-20-6-3-2-4-7-20/h5-6,8-13,16H,2-4,7,14-15,17-18H2,1H3,(H,26,28). The van der Waals surface area contributed by atoms with Crippen LogP contribution in [0.3, 0.4) is 0 Å². The summed E-state index contributed by atoms with van der Waals surface area (Å²) in [6.07, 6.45) is 7.67. The number of halogens is 1. The fourth-order valence-corrected chi connectivity index (χ4v) is 5.23. The molecule has 0 aromatic heterocycles. The van der Waals surface area contributed by atoms with Gasteiger partial charge in [0.15, 0.2) is 0 Å². The summed E-state index contributed by atoms with van der Waals surface area (Å²) in [4.78, 5) is 12.8. The van der Waals surface area contributed by atoms with Gasteiger partial charge in [0, 0.05) is 18.1 Å². The number of carbonyl (C=O) groups excluding carboxylic acids is 1. The first kappa shape index (κ1) is 23.5. The van der Waals surface area contributed by atoms with Gasteiger partial charge in [-0.25, -0.2) is 8.42 Å². The molecule has 0 atom stereocenters. The Labute approximate surface area is 190 Å². The van der Waals surface area contributed by atoms with E-state index in [-0.39, 0.29) is 23.9 Å². The van der Waals surface area contributed by atoms with Crippen LogP contribution >= 0.6 is 11.6 Å². The van der Waals surface area contributed by atoms with Crippen LogP contribution in [-0.2, 0) is 21.4 Å². The van der Waals surface area contributed by atoms with Crippen LogP contribution in [0, 0.1) is 6.92 Å². The van der Waals surface area contributed by atoms with E-state index in [9.17, 15) is 13.2 Å². The first-order valence-corrected chi connectivity index (χ1v) is 12.4. The quantitative estimate of drug-likeness (QED) is 0.544. The van der Waals surface area contributed by atoms with Crippen molar-refractivity contribution in [2.24, 2.45) is 0 Å². The second-order valence-corrected chi connectivity index (χ2v) is 10.3. The molecule has 0 aliphatic heterocycles. The molecule has 31 heavy (non-hydrogen) atoms. The zero-order chi connectivity index (χ0) is 22.3. The molecule has 1 aliphatic rings. The highest BCUT2D eigenvalue weighted by Crippen LogP contribution is 2.21. The molecular weight excluding hydrogens is 432 g/mol. The Hall–Kier alpha value is -2.15. The molecule has 1 amide bonds. The van der Waals surface area contributed by atoms with Crippen molar-refractivity contribution in [1.82, 2.24) is 9.62 Å². The predicted molar refractivity (Wildman–Crippen MR) is 124 cm³/mol. The van der Waals surface area contributed by atoms with Gasteiger partial charge in [-0.15, -0.1) is 0 Å². The van der Waals surface area contributed by atoms with Crippen molar-refractivity contribution >= 4 is 27.5 Å². The van der Waals surface area contributed by atoms with Crippen LogP contribution in [-0.4, -0.2) is 31.7 Å². The van der Waals surface area contributed by atoms with Gasteiger partial charge in [0.05, 0.1) is 11.4 Å². The maximum Gasteiger partial charge on any atom is 0.243 e. The third-order valence-electron chi connectivity index (χ3n) is 5.38. The molecule has 166 valence electrons. The summed E-state index contributed by atoms with van der Waals surface area (Å²) >= 11 is 6.07. The monoisotopic (exact) mass is 460 g/mol. The molecule has 0 heterocycles. The molecule has 0 fully saturated rings. The number of amides is 1. The van der Waals surface area contributed by atoms with Crippen LogP contribution in [0.15, 0.2) is 65.1 Å². The minimum atomic E-state index is -3.85. The van der Waals surface area contributed by atoms with E-state index < -0.39 is 10.0 Å². The fourth-order valence-electron chi connectivity index (χ4n) is 3.63. The van der Waals surface area contributed by atoms with Crippen LogP contribution in [0.2, 0.25) is 5.02 Å². The predicted octanol–water partition coefficient (Wildman–Crippen LogP) is 4.85. The lowest BCUT2D eigenvalue weighted by atomic mass is 9.97. The number of rotatable bonds is 9. The molecule has 0 spiro atoms. The van der Waals surface area contributed by atoms with Crippen molar-refractivity contribution < 1.29 is 13.2 Å². The minimum absolute atomic E-state index is 0.0648. The number of carbonyl (C=O) groups is 1. The minimum Gasteiger partial charge on any atom is -0.355 e. The summed E-state index contributed by atoms with van der Waals surface area (Å²) < 4.78 is 27.8. The molecule has 0 unspecified atom stereocenters. The third-order valence-corrected chi connectivity index (χ3v) is 7.42. The van der Waals surface area contributed by atoms with Gasteiger partial charge in [0.2, 0.25) is 15.9 Å². The van der Waals surface area contributed by atoms with E-state index in [4.69, 9.17) is 11.6 Å². The fraction of sp³-hybridized carbons (Fsp3) is 0.375. The van der Waals surface area contributed by atoms with Gasteiger partial charge in [0.1, 0.15) is 0 Å². The Bertz CT molecular complexity index is 1030. The molecule has 0 bridgehead atoms.